The molecular weight excluding hydrogens is 348 g/mol. The number of esters is 1. The van der Waals surface area contributed by atoms with Crippen molar-refractivity contribution >= 4 is 29.4 Å². The third-order valence-corrected chi connectivity index (χ3v) is 5.46. The second-order valence-corrected chi connectivity index (χ2v) is 7.22. The Hall–Kier alpha value is -2.70. The molecule has 1 aliphatic heterocycles. The standard InChI is InChI=1S/C20H24N2O5/c1-12-6-5-9-16(13(12)2)21-17(23)11-27-18(24)10-22-19(25)14-7-3-4-8-15(14)20(22)26/h5-6,9,14-15H,3-4,7-8,10-11H2,1-2H3,(H,21,23)/t14-,15-/m1/s1. The highest BCUT2D eigenvalue weighted by molar-refractivity contribution is 6.07. The van der Waals surface area contributed by atoms with E-state index in [4.69, 9.17) is 4.74 Å². The number of aryl methyl sites for hydroxylation is 1. The number of anilines is 1. The van der Waals surface area contributed by atoms with Crippen LogP contribution in [0.4, 0.5) is 5.69 Å². The summed E-state index contributed by atoms with van der Waals surface area (Å²) >= 11 is 0. The van der Waals surface area contributed by atoms with E-state index in [9.17, 15) is 19.2 Å². The van der Waals surface area contributed by atoms with E-state index in [1.54, 1.807) is 6.07 Å². The van der Waals surface area contributed by atoms with Crippen LogP contribution in [0.25, 0.3) is 0 Å². The number of nitrogens with zero attached hydrogens (tertiary/aromatic N) is 1. The van der Waals surface area contributed by atoms with Crippen LogP contribution >= 0.6 is 0 Å². The summed E-state index contributed by atoms with van der Waals surface area (Å²) in [5.41, 5.74) is 2.63. The van der Waals surface area contributed by atoms with Gasteiger partial charge in [0.2, 0.25) is 11.8 Å². The Morgan fingerprint density at radius 2 is 1.74 bits per heavy atom. The van der Waals surface area contributed by atoms with E-state index in [1.807, 2.05) is 26.0 Å². The number of hydrogen-bond acceptors (Lipinski definition) is 5. The van der Waals surface area contributed by atoms with Crippen molar-refractivity contribution < 1.29 is 23.9 Å². The van der Waals surface area contributed by atoms with Gasteiger partial charge in [-0.3, -0.25) is 24.1 Å². The lowest BCUT2D eigenvalue weighted by atomic mass is 9.81. The Balaban J connectivity index is 1.51. The van der Waals surface area contributed by atoms with Crippen LogP contribution in [0.15, 0.2) is 18.2 Å². The average Bonchev–Trinajstić information content (AvgIpc) is 2.89. The van der Waals surface area contributed by atoms with Crippen molar-refractivity contribution in [2.75, 3.05) is 18.5 Å². The molecular formula is C20H24N2O5. The molecule has 1 aromatic carbocycles. The third kappa shape index (κ3) is 4.02. The smallest absolute Gasteiger partial charge is 0.326 e. The molecule has 0 radical (unpaired) electrons. The van der Waals surface area contributed by atoms with Crippen LogP contribution in [0.2, 0.25) is 0 Å². The molecule has 3 rings (SSSR count). The summed E-state index contributed by atoms with van der Waals surface area (Å²) in [6, 6.07) is 5.53. The molecule has 0 unspecified atom stereocenters. The average molecular weight is 372 g/mol. The quantitative estimate of drug-likeness (QED) is 0.630. The summed E-state index contributed by atoms with van der Waals surface area (Å²) in [5, 5.41) is 2.69. The number of rotatable bonds is 5. The number of benzene rings is 1. The van der Waals surface area contributed by atoms with Gasteiger partial charge in [0.25, 0.3) is 5.91 Å². The predicted molar refractivity (Wildman–Crippen MR) is 97.7 cm³/mol. The number of ether oxygens (including phenoxy) is 1. The van der Waals surface area contributed by atoms with Gasteiger partial charge < -0.3 is 10.1 Å². The Kier molecular flexibility index (Phi) is 5.58. The van der Waals surface area contributed by atoms with Gasteiger partial charge >= 0.3 is 5.97 Å². The second-order valence-electron chi connectivity index (χ2n) is 7.22. The van der Waals surface area contributed by atoms with E-state index in [2.05, 4.69) is 5.32 Å². The van der Waals surface area contributed by atoms with Gasteiger partial charge in [0.05, 0.1) is 11.8 Å². The second kappa shape index (κ2) is 7.90. The SMILES string of the molecule is Cc1cccc(NC(=O)COC(=O)CN2C(=O)[C@@H]3CCCC[C@H]3C2=O)c1C. The monoisotopic (exact) mass is 372 g/mol. The highest BCUT2D eigenvalue weighted by Gasteiger charge is 2.48. The number of carbonyl (C=O) groups is 4. The number of fused-ring (bicyclic) bond motifs is 1. The highest BCUT2D eigenvalue weighted by Crippen LogP contribution is 2.37. The summed E-state index contributed by atoms with van der Waals surface area (Å²) in [4.78, 5) is 49.7. The maximum Gasteiger partial charge on any atom is 0.326 e. The van der Waals surface area contributed by atoms with Crippen molar-refractivity contribution in [2.45, 2.75) is 39.5 Å². The van der Waals surface area contributed by atoms with Crippen LogP contribution < -0.4 is 5.32 Å². The van der Waals surface area contributed by atoms with E-state index in [0.717, 1.165) is 28.9 Å². The van der Waals surface area contributed by atoms with Gasteiger partial charge in [-0.1, -0.05) is 25.0 Å². The van der Waals surface area contributed by atoms with E-state index < -0.39 is 25.0 Å². The third-order valence-electron chi connectivity index (χ3n) is 5.46. The van der Waals surface area contributed by atoms with Crippen LogP contribution in [0.3, 0.4) is 0 Å². The lowest BCUT2D eigenvalue weighted by Crippen LogP contribution is -2.37. The fourth-order valence-corrected chi connectivity index (χ4v) is 3.78. The summed E-state index contributed by atoms with van der Waals surface area (Å²) < 4.78 is 4.96. The minimum absolute atomic E-state index is 0.290. The number of amides is 3. The molecule has 0 aromatic heterocycles. The fourth-order valence-electron chi connectivity index (χ4n) is 3.78. The first-order valence-electron chi connectivity index (χ1n) is 9.25. The van der Waals surface area contributed by atoms with Crippen LogP contribution in [-0.4, -0.2) is 41.7 Å². The zero-order valence-electron chi connectivity index (χ0n) is 15.6. The van der Waals surface area contributed by atoms with Crippen molar-refractivity contribution in [2.24, 2.45) is 11.8 Å². The molecule has 2 atom stereocenters. The van der Waals surface area contributed by atoms with E-state index in [-0.39, 0.29) is 23.7 Å². The highest BCUT2D eigenvalue weighted by atomic mass is 16.5. The summed E-state index contributed by atoms with van der Waals surface area (Å²) in [6.07, 6.45) is 3.24. The number of nitrogens with one attached hydrogen (secondary N) is 1. The molecule has 27 heavy (non-hydrogen) atoms. The van der Waals surface area contributed by atoms with Crippen LogP contribution in [0.5, 0.6) is 0 Å². The number of imide groups is 1. The molecule has 7 nitrogen and oxygen atoms in total. The number of likely N-dealkylation sites (tertiary alicyclic amines) is 1. The molecule has 0 spiro atoms. The lowest BCUT2D eigenvalue weighted by molar-refractivity contribution is -0.154. The topological polar surface area (TPSA) is 92.8 Å². The molecule has 1 saturated heterocycles. The van der Waals surface area contributed by atoms with Gasteiger partial charge in [-0.2, -0.15) is 0 Å². The molecule has 2 fully saturated rings. The van der Waals surface area contributed by atoms with Crippen molar-refractivity contribution in [3.8, 4) is 0 Å². The summed E-state index contributed by atoms with van der Waals surface area (Å²) in [5.74, 6) is -2.41. The molecule has 3 amide bonds. The van der Waals surface area contributed by atoms with Gasteiger partial charge in [0.1, 0.15) is 6.54 Å². The minimum atomic E-state index is -0.758. The Morgan fingerprint density at radius 3 is 2.37 bits per heavy atom. The Morgan fingerprint density at radius 1 is 1.11 bits per heavy atom. The molecule has 1 N–H and O–H groups in total. The Labute approximate surface area is 158 Å². The van der Waals surface area contributed by atoms with E-state index >= 15 is 0 Å². The summed E-state index contributed by atoms with van der Waals surface area (Å²) in [7, 11) is 0. The predicted octanol–water partition coefficient (Wildman–Crippen LogP) is 1.96. The van der Waals surface area contributed by atoms with Gasteiger partial charge in [-0.15, -0.1) is 0 Å². The van der Waals surface area contributed by atoms with Crippen LogP contribution in [0.1, 0.15) is 36.8 Å². The van der Waals surface area contributed by atoms with Gasteiger partial charge in [-0.05, 0) is 43.9 Å². The van der Waals surface area contributed by atoms with Crippen molar-refractivity contribution in [1.82, 2.24) is 4.90 Å². The van der Waals surface area contributed by atoms with Crippen LogP contribution in [-0.2, 0) is 23.9 Å². The Bertz CT molecular complexity index is 765. The molecule has 1 heterocycles. The zero-order valence-corrected chi connectivity index (χ0v) is 15.6. The fraction of sp³-hybridized carbons (Fsp3) is 0.500. The molecule has 1 aliphatic carbocycles. The first-order valence-corrected chi connectivity index (χ1v) is 9.25. The lowest BCUT2D eigenvalue weighted by Gasteiger charge is -2.19. The molecule has 7 heteroatoms. The van der Waals surface area contributed by atoms with Crippen molar-refractivity contribution in [1.29, 1.82) is 0 Å². The first kappa shape index (κ1) is 19.1. The minimum Gasteiger partial charge on any atom is -0.454 e. The first-order chi connectivity index (χ1) is 12.9. The van der Waals surface area contributed by atoms with Gasteiger partial charge in [-0.25, -0.2) is 0 Å². The van der Waals surface area contributed by atoms with E-state index in [0.29, 0.717) is 18.5 Å². The van der Waals surface area contributed by atoms with Crippen molar-refractivity contribution in [3.63, 3.8) is 0 Å². The van der Waals surface area contributed by atoms with Gasteiger partial charge in [0, 0.05) is 5.69 Å². The number of carbonyl (C=O) groups excluding carboxylic acids is 4. The number of hydrogen-bond donors (Lipinski definition) is 1. The molecule has 0 bridgehead atoms. The van der Waals surface area contributed by atoms with E-state index in [1.165, 1.54) is 0 Å². The van der Waals surface area contributed by atoms with Crippen LogP contribution in [0, 0.1) is 25.7 Å². The molecule has 1 saturated carbocycles. The normalized spacial score (nSPS) is 21.8. The largest absolute Gasteiger partial charge is 0.454 e. The maximum atomic E-state index is 12.4. The summed E-state index contributed by atoms with van der Waals surface area (Å²) in [6.45, 7) is 2.93. The van der Waals surface area contributed by atoms with Gasteiger partial charge in [0.15, 0.2) is 6.61 Å². The molecule has 2 aliphatic rings. The zero-order chi connectivity index (χ0) is 19.6. The maximum absolute atomic E-state index is 12.4. The van der Waals surface area contributed by atoms with Crippen molar-refractivity contribution in [3.05, 3.63) is 29.3 Å². The molecule has 144 valence electrons. The molecule has 1 aromatic rings.